The van der Waals surface area contributed by atoms with Crippen molar-refractivity contribution in [3.63, 3.8) is 0 Å². The number of likely N-dealkylation sites (tertiary alicyclic amines) is 1. The van der Waals surface area contributed by atoms with Crippen LogP contribution in [-0.2, 0) is 4.79 Å². The summed E-state index contributed by atoms with van der Waals surface area (Å²) in [5, 5.41) is 4.05. The molecule has 2 aromatic rings. The number of carbonyl (C=O) groups excluding carboxylic acids is 1. The number of fused-ring (bicyclic) bond motifs is 1. The zero-order valence-corrected chi connectivity index (χ0v) is 14.4. The van der Waals surface area contributed by atoms with E-state index in [1.807, 2.05) is 44.3 Å². The van der Waals surface area contributed by atoms with Gasteiger partial charge in [-0.15, -0.1) is 0 Å². The number of ether oxygens (including phenoxy) is 1. The third kappa shape index (κ3) is 3.85. The van der Waals surface area contributed by atoms with Crippen molar-refractivity contribution >= 4 is 16.8 Å². The molecule has 0 saturated carbocycles. The van der Waals surface area contributed by atoms with Gasteiger partial charge in [0.15, 0.2) is 0 Å². The molecule has 1 saturated heterocycles. The summed E-state index contributed by atoms with van der Waals surface area (Å²) in [4.78, 5) is 18.9. The standard InChI is InChI=1S/C19H25N3O2/c1-14-9-10-15-6-5-8-17(18(15)21-14)24-13-11-20-19(23)16-7-3-4-12-22(16)2/h5-6,8-10,16H,3-4,7,11-13H2,1-2H3,(H,20,23)/t16-/m1/s1. The molecule has 1 aromatic carbocycles. The van der Waals surface area contributed by atoms with E-state index < -0.39 is 0 Å². The Morgan fingerprint density at radius 3 is 3.04 bits per heavy atom. The van der Waals surface area contributed by atoms with Crippen LogP contribution in [0.3, 0.4) is 0 Å². The molecule has 5 heteroatoms. The number of likely N-dealkylation sites (N-methyl/N-ethyl adjacent to an activating group) is 1. The minimum atomic E-state index is 0.000576. The Morgan fingerprint density at radius 2 is 2.21 bits per heavy atom. The molecule has 128 valence electrons. The molecule has 5 nitrogen and oxygen atoms in total. The van der Waals surface area contributed by atoms with Crippen LogP contribution in [0.1, 0.15) is 25.0 Å². The third-order valence-corrected chi connectivity index (χ3v) is 4.55. The minimum absolute atomic E-state index is 0.000576. The second-order valence-corrected chi connectivity index (χ2v) is 6.41. The molecule has 0 spiro atoms. The number of para-hydroxylation sites is 1. The first-order valence-corrected chi connectivity index (χ1v) is 8.62. The van der Waals surface area contributed by atoms with Gasteiger partial charge in [-0.3, -0.25) is 9.69 Å². The number of rotatable bonds is 5. The van der Waals surface area contributed by atoms with Crippen LogP contribution in [0.2, 0.25) is 0 Å². The Morgan fingerprint density at radius 1 is 1.33 bits per heavy atom. The van der Waals surface area contributed by atoms with E-state index in [4.69, 9.17) is 4.74 Å². The smallest absolute Gasteiger partial charge is 0.237 e. The number of benzene rings is 1. The number of nitrogens with zero attached hydrogens (tertiary/aromatic N) is 2. The second kappa shape index (κ2) is 7.62. The Balaban J connectivity index is 1.53. The van der Waals surface area contributed by atoms with E-state index >= 15 is 0 Å². The molecule has 1 fully saturated rings. The molecular formula is C19H25N3O2. The largest absolute Gasteiger partial charge is 0.489 e. The van der Waals surface area contributed by atoms with Gasteiger partial charge in [0.2, 0.25) is 5.91 Å². The van der Waals surface area contributed by atoms with Crippen LogP contribution >= 0.6 is 0 Å². The number of carbonyl (C=O) groups is 1. The van der Waals surface area contributed by atoms with Gasteiger partial charge in [0.1, 0.15) is 17.9 Å². The highest BCUT2D eigenvalue weighted by Crippen LogP contribution is 2.23. The number of hydrogen-bond acceptors (Lipinski definition) is 4. The molecule has 1 atom stereocenters. The van der Waals surface area contributed by atoms with Crippen LogP contribution in [0, 0.1) is 6.92 Å². The summed E-state index contributed by atoms with van der Waals surface area (Å²) in [6.07, 6.45) is 3.24. The molecular weight excluding hydrogens is 302 g/mol. The summed E-state index contributed by atoms with van der Waals surface area (Å²) in [6.45, 7) is 3.91. The Labute approximate surface area is 143 Å². The van der Waals surface area contributed by atoms with Crippen molar-refractivity contribution in [1.82, 2.24) is 15.2 Å². The average Bonchev–Trinajstić information content (AvgIpc) is 2.59. The van der Waals surface area contributed by atoms with Crippen molar-refractivity contribution < 1.29 is 9.53 Å². The first-order chi connectivity index (χ1) is 11.6. The fraction of sp³-hybridized carbons (Fsp3) is 0.474. The molecule has 0 bridgehead atoms. The molecule has 1 N–H and O–H groups in total. The Kier molecular flexibility index (Phi) is 5.30. The van der Waals surface area contributed by atoms with Gasteiger partial charge >= 0.3 is 0 Å². The molecule has 2 heterocycles. The van der Waals surface area contributed by atoms with Crippen LogP contribution in [0.15, 0.2) is 30.3 Å². The fourth-order valence-electron chi connectivity index (χ4n) is 3.19. The average molecular weight is 327 g/mol. The number of hydrogen-bond donors (Lipinski definition) is 1. The lowest BCUT2D eigenvalue weighted by Crippen LogP contribution is -2.48. The molecule has 1 amide bonds. The van der Waals surface area contributed by atoms with E-state index in [1.54, 1.807) is 0 Å². The zero-order chi connectivity index (χ0) is 16.9. The monoisotopic (exact) mass is 327 g/mol. The number of aromatic nitrogens is 1. The number of amides is 1. The van der Waals surface area contributed by atoms with Gasteiger partial charge in [0.05, 0.1) is 12.6 Å². The molecule has 0 aliphatic carbocycles. The quantitative estimate of drug-likeness (QED) is 0.858. The predicted molar refractivity (Wildman–Crippen MR) is 95.3 cm³/mol. The summed E-state index contributed by atoms with van der Waals surface area (Å²) in [7, 11) is 2.02. The van der Waals surface area contributed by atoms with E-state index in [-0.39, 0.29) is 11.9 Å². The van der Waals surface area contributed by atoms with Gasteiger partial charge in [-0.05, 0) is 45.5 Å². The highest BCUT2D eigenvalue weighted by Gasteiger charge is 2.25. The topological polar surface area (TPSA) is 54.5 Å². The van der Waals surface area contributed by atoms with E-state index in [0.717, 1.165) is 41.7 Å². The second-order valence-electron chi connectivity index (χ2n) is 6.41. The number of aryl methyl sites for hydroxylation is 1. The lowest BCUT2D eigenvalue weighted by molar-refractivity contribution is -0.127. The van der Waals surface area contributed by atoms with Crippen LogP contribution in [-0.4, -0.2) is 48.6 Å². The molecule has 0 radical (unpaired) electrons. The van der Waals surface area contributed by atoms with E-state index in [9.17, 15) is 4.79 Å². The van der Waals surface area contributed by atoms with Crippen molar-refractivity contribution in [2.75, 3.05) is 26.7 Å². The minimum Gasteiger partial charge on any atom is -0.489 e. The molecule has 1 aliphatic heterocycles. The molecule has 1 aliphatic rings. The highest BCUT2D eigenvalue weighted by atomic mass is 16.5. The molecule has 0 unspecified atom stereocenters. The number of pyridine rings is 1. The summed E-state index contributed by atoms with van der Waals surface area (Å²) in [5.74, 6) is 0.868. The Bertz CT molecular complexity index is 717. The van der Waals surface area contributed by atoms with Crippen molar-refractivity contribution in [1.29, 1.82) is 0 Å². The summed E-state index contributed by atoms with van der Waals surface area (Å²) in [6, 6.07) is 9.95. The Hall–Kier alpha value is -2.14. The van der Waals surface area contributed by atoms with Gasteiger partial charge in [0.25, 0.3) is 0 Å². The molecule has 24 heavy (non-hydrogen) atoms. The van der Waals surface area contributed by atoms with Crippen molar-refractivity contribution in [3.05, 3.63) is 36.0 Å². The fourth-order valence-corrected chi connectivity index (χ4v) is 3.19. The maximum Gasteiger partial charge on any atom is 0.237 e. The van der Waals surface area contributed by atoms with Gasteiger partial charge in [-0.2, -0.15) is 0 Å². The van der Waals surface area contributed by atoms with Gasteiger partial charge in [0, 0.05) is 11.1 Å². The van der Waals surface area contributed by atoms with Crippen LogP contribution in [0.25, 0.3) is 10.9 Å². The lowest BCUT2D eigenvalue weighted by atomic mass is 10.0. The third-order valence-electron chi connectivity index (χ3n) is 4.55. The number of piperidine rings is 1. The number of nitrogens with one attached hydrogen (secondary N) is 1. The van der Waals surface area contributed by atoms with Crippen molar-refractivity contribution in [3.8, 4) is 5.75 Å². The van der Waals surface area contributed by atoms with Crippen LogP contribution in [0.5, 0.6) is 5.75 Å². The van der Waals surface area contributed by atoms with E-state index in [1.165, 1.54) is 6.42 Å². The summed E-state index contributed by atoms with van der Waals surface area (Å²) >= 11 is 0. The molecule has 1 aromatic heterocycles. The lowest BCUT2D eigenvalue weighted by Gasteiger charge is -2.31. The summed E-state index contributed by atoms with van der Waals surface area (Å²) in [5.41, 5.74) is 1.84. The van der Waals surface area contributed by atoms with Gasteiger partial charge in [-0.25, -0.2) is 4.98 Å². The maximum atomic E-state index is 12.3. The van der Waals surface area contributed by atoms with Crippen molar-refractivity contribution in [2.45, 2.75) is 32.2 Å². The van der Waals surface area contributed by atoms with Crippen LogP contribution in [0.4, 0.5) is 0 Å². The van der Waals surface area contributed by atoms with Gasteiger partial charge in [-0.1, -0.05) is 24.6 Å². The SMILES string of the molecule is Cc1ccc2cccc(OCCNC(=O)[C@H]3CCCCN3C)c2n1. The highest BCUT2D eigenvalue weighted by molar-refractivity contribution is 5.84. The van der Waals surface area contributed by atoms with Crippen LogP contribution < -0.4 is 10.1 Å². The predicted octanol–water partition coefficient (Wildman–Crippen LogP) is 2.52. The normalized spacial score (nSPS) is 18.5. The molecule has 3 rings (SSSR count). The maximum absolute atomic E-state index is 12.3. The summed E-state index contributed by atoms with van der Waals surface area (Å²) < 4.78 is 5.85. The first-order valence-electron chi connectivity index (χ1n) is 8.62. The van der Waals surface area contributed by atoms with Crippen molar-refractivity contribution in [2.24, 2.45) is 0 Å². The first kappa shape index (κ1) is 16.7. The van der Waals surface area contributed by atoms with E-state index in [0.29, 0.717) is 13.2 Å². The van der Waals surface area contributed by atoms with Gasteiger partial charge < -0.3 is 10.1 Å². The zero-order valence-electron chi connectivity index (χ0n) is 14.4. The van der Waals surface area contributed by atoms with E-state index in [2.05, 4.69) is 15.2 Å².